The predicted molar refractivity (Wildman–Crippen MR) is 232 cm³/mol. The molecule has 0 amide bonds. The van der Waals surface area contributed by atoms with Gasteiger partial charge in [-0.05, 0) is 42.5 Å². The molecule has 0 atom stereocenters. The summed E-state index contributed by atoms with van der Waals surface area (Å²) in [7, 11) is 0. The maximum absolute atomic E-state index is 10.1. The lowest BCUT2D eigenvalue weighted by atomic mass is 10.0. The molecule has 0 N–H and O–H groups in total. The third kappa shape index (κ3) is 6.53. The van der Waals surface area contributed by atoms with Crippen molar-refractivity contribution < 1.29 is 0 Å². The monoisotopic (exact) mass is 754 g/mol. The largest absolute Gasteiger partial charge is 0.308 e. The zero-order valence-electron chi connectivity index (χ0n) is 31.4. The van der Waals surface area contributed by atoms with Gasteiger partial charge in [0.1, 0.15) is 0 Å². The van der Waals surface area contributed by atoms with Gasteiger partial charge >= 0.3 is 0 Å². The lowest BCUT2D eigenvalue weighted by Crippen LogP contribution is -2.04. The Labute approximate surface area is 339 Å². The summed E-state index contributed by atoms with van der Waals surface area (Å²) < 4.78 is 2.10. The molecule has 0 bridgehead atoms. The quantitative estimate of drug-likeness (QED) is 0.159. The lowest BCUT2D eigenvalue weighted by molar-refractivity contribution is 1.06. The minimum atomic E-state index is 0.443. The Morgan fingerprint density at radius 3 is 1.25 bits per heavy atom. The Balaban J connectivity index is 1.30. The van der Waals surface area contributed by atoms with Crippen LogP contribution in [0, 0.1) is 22.7 Å². The van der Waals surface area contributed by atoms with Crippen LogP contribution in [-0.2, 0) is 0 Å². The molecule has 0 saturated heterocycles. The molecule has 3 aromatic heterocycles. The second-order valence-electron chi connectivity index (χ2n) is 14.0. The molecule has 0 unspecified atom stereocenters. The van der Waals surface area contributed by atoms with Gasteiger partial charge in [-0.25, -0.2) is 24.9 Å². The highest BCUT2D eigenvalue weighted by Crippen LogP contribution is 2.39. The van der Waals surface area contributed by atoms with E-state index in [9.17, 15) is 10.5 Å². The van der Waals surface area contributed by atoms with Crippen molar-refractivity contribution in [2.75, 3.05) is 0 Å². The van der Waals surface area contributed by atoms with Crippen molar-refractivity contribution >= 4 is 21.8 Å². The zero-order chi connectivity index (χ0) is 39.7. The van der Waals surface area contributed by atoms with Gasteiger partial charge in [-0.1, -0.05) is 140 Å². The standard InChI is InChI=1S/C51H30N8/c52-31-33-21-24-40-41-25-22-34(32-53)28-47(41)59(46(40)27-33)45-26-23-39(44-30-43(35-13-5-1-6-14-35)54-48(55-44)36-15-7-2-8-16-36)29-42(45)51-57-49(37-17-9-3-10-18-37)56-50(58-51)38-19-11-4-12-20-38/h1-30H. The number of benzene rings is 7. The van der Waals surface area contributed by atoms with E-state index in [1.54, 1.807) is 0 Å². The van der Waals surface area contributed by atoms with Gasteiger partial charge in [0.05, 0.1) is 51.4 Å². The van der Waals surface area contributed by atoms with E-state index in [4.69, 9.17) is 24.9 Å². The van der Waals surface area contributed by atoms with Crippen molar-refractivity contribution in [2.24, 2.45) is 0 Å². The number of fused-ring (bicyclic) bond motifs is 3. The molecule has 0 aliphatic heterocycles. The Kier molecular flexibility index (Phi) is 8.76. The molecule has 8 nitrogen and oxygen atoms in total. The van der Waals surface area contributed by atoms with E-state index in [2.05, 4.69) is 22.8 Å². The summed E-state index contributed by atoms with van der Waals surface area (Å²) >= 11 is 0. The fraction of sp³-hybridized carbons (Fsp3) is 0. The molecule has 0 aliphatic rings. The summed E-state index contributed by atoms with van der Waals surface area (Å²) in [6.45, 7) is 0. The van der Waals surface area contributed by atoms with Crippen molar-refractivity contribution in [3.63, 3.8) is 0 Å². The molecule has 274 valence electrons. The zero-order valence-corrected chi connectivity index (χ0v) is 31.4. The van der Waals surface area contributed by atoms with E-state index in [-0.39, 0.29) is 0 Å². The van der Waals surface area contributed by atoms with Crippen LogP contribution in [0.25, 0.3) is 95.6 Å². The Morgan fingerprint density at radius 1 is 0.356 bits per heavy atom. The van der Waals surface area contributed by atoms with Crippen LogP contribution >= 0.6 is 0 Å². The molecular weight excluding hydrogens is 725 g/mol. The van der Waals surface area contributed by atoms with Crippen molar-refractivity contribution in [3.05, 3.63) is 193 Å². The predicted octanol–water partition coefficient (Wildman–Crippen LogP) is 11.5. The molecule has 0 aliphatic carbocycles. The topological polar surface area (TPSA) is 117 Å². The first-order chi connectivity index (χ1) is 29.1. The Morgan fingerprint density at radius 2 is 0.780 bits per heavy atom. The molecule has 10 rings (SSSR count). The number of aromatic nitrogens is 6. The van der Waals surface area contributed by atoms with E-state index < -0.39 is 0 Å². The molecule has 0 fully saturated rings. The SMILES string of the molecule is N#Cc1ccc2c3ccc(C#N)cc3n(-c3ccc(-c4cc(-c5ccccc5)nc(-c5ccccc5)n4)cc3-c3nc(-c4ccccc4)nc(-c4ccccc4)n3)c2c1. The summed E-state index contributed by atoms with van der Waals surface area (Å²) in [5.74, 6) is 2.08. The average molecular weight is 755 g/mol. The number of hydrogen-bond acceptors (Lipinski definition) is 7. The fourth-order valence-corrected chi connectivity index (χ4v) is 7.48. The van der Waals surface area contributed by atoms with E-state index >= 15 is 0 Å². The molecule has 0 spiro atoms. The van der Waals surface area contributed by atoms with Crippen molar-refractivity contribution in [2.45, 2.75) is 0 Å². The van der Waals surface area contributed by atoms with Crippen LogP contribution in [-0.4, -0.2) is 29.5 Å². The minimum Gasteiger partial charge on any atom is -0.308 e. The highest BCUT2D eigenvalue weighted by atomic mass is 15.1. The fourth-order valence-electron chi connectivity index (χ4n) is 7.48. The van der Waals surface area contributed by atoms with Crippen LogP contribution in [0.1, 0.15) is 11.1 Å². The summed E-state index contributed by atoms with van der Waals surface area (Å²) in [5, 5.41) is 22.0. The Bertz CT molecular complexity index is 3090. The number of hydrogen-bond donors (Lipinski definition) is 0. The molecule has 3 heterocycles. The van der Waals surface area contributed by atoms with Gasteiger partial charge in [-0.2, -0.15) is 10.5 Å². The third-order valence-electron chi connectivity index (χ3n) is 10.3. The van der Waals surface area contributed by atoms with E-state index in [1.807, 2.05) is 176 Å². The van der Waals surface area contributed by atoms with Crippen molar-refractivity contribution in [1.29, 1.82) is 10.5 Å². The highest BCUT2D eigenvalue weighted by molar-refractivity contribution is 6.10. The molecule has 10 aromatic rings. The summed E-state index contributed by atoms with van der Waals surface area (Å²) in [6, 6.07) is 64.0. The minimum absolute atomic E-state index is 0.443. The third-order valence-corrected chi connectivity index (χ3v) is 10.3. The van der Waals surface area contributed by atoms with Crippen LogP contribution in [0.2, 0.25) is 0 Å². The van der Waals surface area contributed by atoms with Gasteiger partial charge in [0.25, 0.3) is 0 Å². The maximum Gasteiger partial charge on any atom is 0.166 e. The van der Waals surface area contributed by atoms with Crippen molar-refractivity contribution in [1.82, 2.24) is 29.5 Å². The van der Waals surface area contributed by atoms with Gasteiger partial charge in [-0.15, -0.1) is 0 Å². The van der Waals surface area contributed by atoms with Crippen LogP contribution < -0.4 is 0 Å². The lowest BCUT2D eigenvalue weighted by Gasteiger charge is -2.17. The summed E-state index contributed by atoms with van der Waals surface area (Å²) in [5.41, 5.74) is 9.97. The normalized spacial score (nSPS) is 11.0. The van der Waals surface area contributed by atoms with Crippen LogP contribution in [0.5, 0.6) is 0 Å². The average Bonchev–Trinajstić information content (AvgIpc) is 3.64. The molecule has 0 saturated carbocycles. The van der Waals surface area contributed by atoms with Gasteiger partial charge in [0, 0.05) is 44.2 Å². The van der Waals surface area contributed by atoms with Crippen molar-refractivity contribution in [3.8, 4) is 85.9 Å². The van der Waals surface area contributed by atoms with Gasteiger partial charge in [0.2, 0.25) is 0 Å². The second-order valence-corrected chi connectivity index (χ2v) is 14.0. The molecule has 0 radical (unpaired) electrons. The van der Waals surface area contributed by atoms with Gasteiger partial charge in [0.15, 0.2) is 23.3 Å². The first-order valence-corrected chi connectivity index (χ1v) is 19.0. The summed E-state index contributed by atoms with van der Waals surface area (Å²) in [4.78, 5) is 25.6. The highest BCUT2D eigenvalue weighted by Gasteiger charge is 2.22. The number of rotatable bonds is 7. The molecule has 59 heavy (non-hydrogen) atoms. The number of nitriles is 2. The first kappa shape index (κ1) is 34.9. The van der Waals surface area contributed by atoms with E-state index in [0.29, 0.717) is 45.7 Å². The van der Waals surface area contributed by atoms with Gasteiger partial charge < -0.3 is 4.57 Å². The van der Waals surface area contributed by atoms with Crippen LogP contribution in [0.4, 0.5) is 0 Å². The van der Waals surface area contributed by atoms with Crippen LogP contribution in [0.3, 0.4) is 0 Å². The number of nitrogens with zero attached hydrogens (tertiary/aromatic N) is 8. The van der Waals surface area contributed by atoms with Gasteiger partial charge in [-0.3, -0.25) is 0 Å². The molecule has 8 heteroatoms. The van der Waals surface area contributed by atoms with E-state index in [0.717, 1.165) is 61.0 Å². The Hall–Kier alpha value is -8.59. The maximum atomic E-state index is 10.1. The van der Waals surface area contributed by atoms with Crippen LogP contribution in [0.15, 0.2) is 182 Å². The molecule has 7 aromatic carbocycles. The summed E-state index contributed by atoms with van der Waals surface area (Å²) in [6.07, 6.45) is 0. The molecular formula is C51H30N8. The second kappa shape index (κ2) is 14.8. The first-order valence-electron chi connectivity index (χ1n) is 19.0. The smallest absolute Gasteiger partial charge is 0.166 e. The van der Waals surface area contributed by atoms with E-state index in [1.165, 1.54) is 0 Å².